The third-order valence-electron chi connectivity index (χ3n) is 4.57. The number of rotatable bonds is 3. The molecule has 1 aliphatic rings. The van der Waals surface area contributed by atoms with Crippen LogP contribution in [0.15, 0.2) is 12.1 Å². The number of carbonyl (C=O) groups excluding carboxylic acids is 1. The van der Waals surface area contributed by atoms with Gasteiger partial charge in [-0.3, -0.25) is 5.32 Å². The van der Waals surface area contributed by atoms with Gasteiger partial charge in [0.2, 0.25) is 0 Å². The van der Waals surface area contributed by atoms with Gasteiger partial charge in [0.15, 0.2) is 5.13 Å². The number of nitrogens with one attached hydrogen (secondary N) is 2. The predicted molar refractivity (Wildman–Crippen MR) is 98.0 cm³/mol. The molecule has 2 heterocycles. The second-order valence-corrected chi connectivity index (χ2v) is 7.96. The van der Waals surface area contributed by atoms with Crippen LogP contribution in [-0.2, 0) is 9.31 Å². The summed E-state index contributed by atoms with van der Waals surface area (Å²) in [5.74, 6) is -0.417. The van der Waals surface area contributed by atoms with Crippen LogP contribution in [0.3, 0.4) is 0 Å². The molecule has 0 aliphatic carbocycles. The van der Waals surface area contributed by atoms with Crippen LogP contribution >= 0.6 is 11.3 Å². The zero-order chi connectivity index (χ0) is 18.4. The number of hydrogen-bond acceptors (Lipinski definition) is 5. The Hall–Kier alpha value is -1.71. The molecule has 9 heteroatoms. The van der Waals surface area contributed by atoms with Crippen molar-refractivity contribution in [2.75, 3.05) is 11.9 Å². The van der Waals surface area contributed by atoms with Crippen molar-refractivity contribution in [1.82, 2.24) is 10.3 Å². The van der Waals surface area contributed by atoms with Crippen LogP contribution < -0.4 is 16.1 Å². The topological polar surface area (TPSA) is 72.5 Å². The zero-order valence-corrected chi connectivity index (χ0v) is 15.7. The van der Waals surface area contributed by atoms with Gasteiger partial charge in [-0.15, -0.1) is 0 Å². The number of benzene rings is 1. The maximum absolute atomic E-state index is 14.6. The Kier molecular flexibility index (Phi) is 4.51. The van der Waals surface area contributed by atoms with Crippen molar-refractivity contribution in [1.29, 1.82) is 0 Å². The lowest BCUT2D eigenvalue weighted by Crippen LogP contribution is -2.41. The van der Waals surface area contributed by atoms with E-state index in [2.05, 4.69) is 15.6 Å². The minimum absolute atomic E-state index is 0.306. The van der Waals surface area contributed by atoms with Gasteiger partial charge in [-0.2, -0.15) is 0 Å². The fourth-order valence-corrected chi connectivity index (χ4v) is 3.34. The summed E-state index contributed by atoms with van der Waals surface area (Å²) in [6.45, 7) is 10.0. The van der Waals surface area contributed by atoms with Crippen LogP contribution in [0.5, 0.6) is 0 Å². The number of halogens is 1. The van der Waals surface area contributed by atoms with Crippen molar-refractivity contribution in [3.63, 3.8) is 0 Å². The smallest absolute Gasteiger partial charge is 0.399 e. The molecule has 0 spiro atoms. The lowest BCUT2D eigenvalue weighted by molar-refractivity contribution is 0.00578. The van der Waals surface area contributed by atoms with Gasteiger partial charge in [-0.1, -0.05) is 11.3 Å². The summed E-state index contributed by atoms with van der Waals surface area (Å²) in [5, 5.41) is 5.67. The predicted octanol–water partition coefficient (Wildman–Crippen LogP) is 2.88. The number of thiazole rings is 1. The molecule has 25 heavy (non-hydrogen) atoms. The highest BCUT2D eigenvalue weighted by Crippen LogP contribution is 2.37. The van der Waals surface area contributed by atoms with E-state index in [1.165, 1.54) is 17.4 Å². The quantitative estimate of drug-likeness (QED) is 0.821. The Bertz CT molecular complexity index is 808. The molecular weight excluding hydrogens is 344 g/mol. The van der Waals surface area contributed by atoms with Gasteiger partial charge in [-0.05, 0) is 46.8 Å². The van der Waals surface area contributed by atoms with Crippen LogP contribution in [0.2, 0.25) is 0 Å². The van der Waals surface area contributed by atoms with Gasteiger partial charge in [0.25, 0.3) is 0 Å². The van der Waals surface area contributed by atoms with Gasteiger partial charge in [0, 0.05) is 12.0 Å². The van der Waals surface area contributed by atoms with E-state index in [-0.39, 0.29) is 6.03 Å². The average molecular weight is 365 g/mol. The maximum atomic E-state index is 14.6. The Morgan fingerprint density at radius 3 is 2.52 bits per heavy atom. The van der Waals surface area contributed by atoms with Crippen LogP contribution in [0.25, 0.3) is 10.2 Å². The maximum Gasteiger partial charge on any atom is 0.497 e. The van der Waals surface area contributed by atoms with Gasteiger partial charge >= 0.3 is 13.1 Å². The first kappa shape index (κ1) is 18.1. The number of carbonyl (C=O) groups is 1. The third kappa shape index (κ3) is 3.36. The van der Waals surface area contributed by atoms with E-state index in [0.717, 1.165) is 0 Å². The summed E-state index contributed by atoms with van der Waals surface area (Å²) < 4.78 is 27.1. The monoisotopic (exact) mass is 365 g/mol. The molecule has 134 valence electrons. The Labute approximate surface area is 150 Å². The Balaban J connectivity index is 1.91. The van der Waals surface area contributed by atoms with Crippen molar-refractivity contribution in [2.24, 2.45) is 0 Å². The molecule has 6 nitrogen and oxygen atoms in total. The second-order valence-electron chi connectivity index (χ2n) is 6.93. The van der Waals surface area contributed by atoms with Crippen LogP contribution in [0.1, 0.15) is 34.6 Å². The SMILES string of the molecule is CCNC(=O)Nc1nc2cc(B3OC(C)(C)C(C)(C)O3)c(F)cc2s1. The summed E-state index contributed by atoms with van der Waals surface area (Å²) in [6, 6.07) is 2.68. The Morgan fingerprint density at radius 2 is 1.92 bits per heavy atom. The molecule has 1 aromatic heterocycles. The average Bonchev–Trinajstić information content (AvgIpc) is 2.95. The molecule has 0 radical (unpaired) electrons. The summed E-state index contributed by atoms with van der Waals surface area (Å²) in [7, 11) is -0.795. The van der Waals surface area contributed by atoms with Crippen LogP contribution in [-0.4, -0.2) is 35.9 Å². The lowest BCUT2D eigenvalue weighted by atomic mass is 9.78. The summed E-state index contributed by atoms with van der Waals surface area (Å²) in [6.07, 6.45) is 0. The highest BCUT2D eigenvalue weighted by Gasteiger charge is 2.52. The molecule has 1 aromatic carbocycles. The van der Waals surface area contributed by atoms with E-state index in [1.807, 2.05) is 34.6 Å². The molecule has 1 fully saturated rings. The Morgan fingerprint density at radius 1 is 1.28 bits per heavy atom. The first-order valence-electron chi connectivity index (χ1n) is 8.13. The minimum Gasteiger partial charge on any atom is -0.399 e. The largest absolute Gasteiger partial charge is 0.497 e. The molecule has 3 rings (SSSR count). The highest BCUT2D eigenvalue weighted by molar-refractivity contribution is 7.22. The van der Waals surface area contributed by atoms with Crippen LogP contribution in [0.4, 0.5) is 14.3 Å². The molecule has 1 saturated heterocycles. The van der Waals surface area contributed by atoms with E-state index >= 15 is 0 Å². The highest BCUT2D eigenvalue weighted by atomic mass is 32.1. The molecule has 0 saturated carbocycles. The number of anilines is 1. The number of aromatic nitrogens is 1. The fraction of sp³-hybridized carbons (Fsp3) is 0.500. The van der Waals surface area contributed by atoms with Crippen molar-refractivity contribution in [3.05, 3.63) is 17.9 Å². The van der Waals surface area contributed by atoms with Gasteiger partial charge in [0.1, 0.15) is 5.82 Å². The number of urea groups is 1. The number of amides is 2. The van der Waals surface area contributed by atoms with E-state index < -0.39 is 24.1 Å². The molecule has 0 bridgehead atoms. The van der Waals surface area contributed by atoms with E-state index in [9.17, 15) is 9.18 Å². The lowest BCUT2D eigenvalue weighted by Gasteiger charge is -2.32. The molecular formula is C16H21BFN3O3S. The fourth-order valence-electron chi connectivity index (χ4n) is 2.47. The van der Waals surface area contributed by atoms with Crippen molar-refractivity contribution < 1.29 is 18.5 Å². The van der Waals surface area contributed by atoms with Gasteiger partial charge < -0.3 is 14.6 Å². The molecule has 2 amide bonds. The van der Waals surface area contributed by atoms with E-state index in [4.69, 9.17) is 9.31 Å². The van der Waals surface area contributed by atoms with Gasteiger partial charge in [-0.25, -0.2) is 14.2 Å². The van der Waals surface area contributed by atoms with Crippen molar-refractivity contribution in [2.45, 2.75) is 45.8 Å². The number of fused-ring (bicyclic) bond motifs is 1. The molecule has 0 unspecified atom stereocenters. The normalized spacial score (nSPS) is 18.6. The first-order valence-corrected chi connectivity index (χ1v) is 8.95. The molecule has 0 atom stereocenters. The van der Waals surface area contributed by atoms with Crippen molar-refractivity contribution in [3.8, 4) is 0 Å². The molecule has 2 N–H and O–H groups in total. The zero-order valence-electron chi connectivity index (χ0n) is 14.9. The van der Waals surface area contributed by atoms with Gasteiger partial charge in [0.05, 0.1) is 21.4 Å². The summed E-state index contributed by atoms with van der Waals surface area (Å²) in [4.78, 5) is 16.0. The second kappa shape index (κ2) is 6.23. The minimum atomic E-state index is -0.795. The van der Waals surface area contributed by atoms with Crippen molar-refractivity contribution >= 4 is 45.3 Å². The number of nitrogens with zero attached hydrogens (tertiary/aromatic N) is 1. The standard InChI is InChI=1S/C16H21BFN3O3S/c1-6-19-13(22)21-14-20-11-7-9(10(18)8-12(11)25-14)17-23-15(2,3)16(4,5)24-17/h7-8H,6H2,1-5H3,(H2,19,20,21,22). The van der Waals surface area contributed by atoms with E-state index in [1.54, 1.807) is 6.07 Å². The summed E-state index contributed by atoms with van der Waals surface area (Å²) in [5.41, 5.74) is -0.206. The number of hydrogen-bond donors (Lipinski definition) is 2. The molecule has 2 aromatic rings. The molecule has 1 aliphatic heterocycles. The first-order chi connectivity index (χ1) is 11.6. The van der Waals surface area contributed by atoms with E-state index in [0.29, 0.717) is 27.4 Å². The van der Waals surface area contributed by atoms with Crippen LogP contribution in [0, 0.1) is 5.82 Å². The summed E-state index contributed by atoms with van der Waals surface area (Å²) >= 11 is 1.21. The third-order valence-corrected chi connectivity index (χ3v) is 5.51.